The minimum absolute atomic E-state index is 0.0750. The lowest BCUT2D eigenvalue weighted by Gasteiger charge is -2.24. The molecule has 3 nitrogen and oxygen atoms in total. The van der Waals surface area contributed by atoms with Gasteiger partial charge in [-0.3, -0.25) is 0 Å². The van der Waals surface area contributed by atoms with Crippen molar-refractivity contribution >= 4 is 5.82 Å². The number of pyridine rings is 1. The third kappa shape index (κ3) is 4.65. The van der Waals surface area contributed by atoms with Crippen LogP contribution in [0.15, 0.2) is 18.3 Å². The average Bonchev–Trinajstić information content (AvgIpc) is 2.39. The summed E-state index contributed by atoms with van der Waals surface area (Å²) in [5.74, 6) is 1.08. The Hall–Kier alpha value is -1.09. The Morgan fingerprint density at radius 1 is 1.22 bits per heavy atom. The van der Waals surface area contributed by atoms with E-state index in [-0.39, 0.29) is 6.04 Å². The summed E-state index contributed by atoms with van der Waals surface area (Å²) in [6.07, 6.45) is 6.74. The van der Waals surface area contributed by atoms with E-state index in [2.05, 4.69) is 29.8 Å². The molecule has 0 unspecified atom stereocenters. The molecule has 0 aliphatic carbocycles. The first-order chi connectivity index (χ1) is 8.69. The Labute approximate surface area is 111 Å². The standard InChI is InChI=1S/C15H27N3/c1-4-6-10-18(11-7-5-2)15-12-14(13(3)16)8-9-17-15/h8-9,12-13H,4-7,10-11,16H2,1-3H3/t13-/m1/s1. The van der Waals surface area contributed by atoms with Gasteiger partial charge in [-0.05, 0) is 37.5 Å². The molecule has 102 valence electrons. The quantitative estimate of drug-likeness (QED) is 0.766. The molecule has 0 aromatic carbocycles. The highest BCUT2D eigenvalue weighted by Gasteiger charge is 2.09. The first-order valence-corrected chi connectivity index (χ1v) is 7.15. The summed E-state index contributed by atoms with van der Waals surface area (Å²) in [4.78, 5) is 6.89. The monoisotopic (exact) mass is 249 g/mol. The molecular weight excluding hydrogens is 222 g/mol. The highest BCUT2D eigenvalue weighted by Crippen LogP contribution is 2.17. The molecule has 1 atom stereocenters. The molecule has 1 aromatic heterocycles. The fourth-order valence-electron chi connectivity index (χ4n) is 1.93. The molecule has 2 N–H and O–H groups in total. The number of aromatic nitrogens is 1. The van der Waals surface area contributed by atoms with E-state index in [4.69, 9.17) is 5.73 Å². The molecule has 0 aliphatic heterocycles. The summed E-state index contributed by atoms with van der Waals surface area (Å²) in [5.41, 5.74) is 7.10. The molecule has 0 saturated heterocycles. The van der Waals surface area contributed by atoms with Gasteiger partial charge in [0.1, 0.15) is 5.82 Å². The lowest BCUT2D eigenvalue weighted by atomic mass is 10.1. The lowest BCUT2D eigenvalue weighted by molar-refractivity contribution is 0.670. The van der Waals surface area contributed by atoms with Crippen LogP contribution in [0.5, 0.6) is 0 Å². The van der Waals surface area contributed by atoms with Crippen molar-refractivity contribution in [2.45, 2.75) is 52.5 Å². The van der Waals surface area contributed by atoms with Gasteiger partial charge in [-0.25, -0.2) is 4.98 Å². The normalized spacial score (nSPS) is 12.4. The Balaban J connectivity index is 2.78. The van der Waals surface area contributed by atoms with Crippen molar-refractivity contribution in [1.82, 2.24) is 4.98 Å². The van der Waals surface area contributed by atoms with E-state index < -0.39 is 0 Å². The molecule has 1 heterocycles. The van der Waals surface area contributed by atoms with Gasteiger partial charge in [-0.2, -0.15) is 0 Å². The Morgan fingerprint density at radius 3 is 2.33 bits per heavy atom. The molecule has 0 spiro atoms. The minimum atomic E-state index is 0.0750. The van der Waals surface area contributed by atoms with Crippen LogP contribution in [0.3, 0.4) is 0 Å². The first-order valence-electron chi connectivity index (χ1n) is 7.15. The van der Waals surface area contributed by atoms with Gasteiger partial charge >= 0.3 is 0 Å². The third-order valence-corrected chi connectivity index (χ3v) is 3.18. The van der Waals surface area contributed by atoms with Gasteiger partial charge in [0.25, 0.3) is 0 Å². The summed E-state index contributed by atoms with van der Waals surface area (Å²) in [5, 5.41) is 0. The number of hydrogen-bond donors (Lipinski definition) is 1. The summed E-state index contributed by atoms with van der Waals surface area (Å²) >= 11 is 0. The van der Waals surface area contributed by atoms with Crippen molar-refractivity contribution in [3.05, 3.63) is 23.9 Å². The Morgan fingerprint density at radius 2 is 1.83 bits per heavy atom. The van der Waals surface area contributed by atoms with E-state index >= 15 is 0 Å². The molecule has 0 fully saturated rings. The molecule has 0 bridgehead atoms. The predicted octanol–water partition coefficient (Wildman–Crippen LogP) is 3.51. The van der Waals surface area contributed by atoms with E-state index in [1.165, 1.54) is 25.7 Å². The van der Waals surface area contributed by atoms with Crippen LogP contribution in [-0.2, 0) is 0 Å². The number of unbranched alkanes of at least 4 members (excludes halogenated alkanes) is 2. The molecule has 1 aromatic rings. The van der Waals surface area contributed by atoms with Crippen molar-refractivity contribution in [3.8, 4) is 0 Å². The van der Waals surface area contributed by atoms with E-state index in [0.29, 0.717) is 0 Å². The summed E-state index contributed by atoms with van der Waals surface area (Å²) < 4.78 is 0. The summed E-state index contributed by atoms with van der Waals surface area (Å²) in [7, 11) is 0. The van der Waals surface area contributed by atoms with Gasteiger partial charge in [0.05, 0.1) is 0 Å². The fraction of sp³-hybridized carbons (Fsp3) is 0.667. The topological polar surface area (TPSA) is 42.1 Å². The van der Waals surface area contributed by atoms with Crippen molar-refractivity contribution < 1.29 is 0 Å². The molecule has 1 rings (SSSR count). The molecule has 0 aliphatic rings. The Bertz CT molecular complexity index is 328. The van der Waals surface area contributed by atoms with Crippen LogP contribution in [-0.4, -0.2) is 18.1 Å². The number of anilines is 1. The zero-order valence-electron chi connectivity index (χ0n) is 12.0. The van der Waals surface area contributed by atoms with Gasteiger partial charge in [-0.1, -0.05) is 26.7 Å². The van der Waals surface area contributed by atoms with Crippen molar-refractivity contribution in [1.29, 1.82) is 0 Å². The van der Waals surface area contributed by atoms with Crippen LogP contribution in [0.2, 0.25) is 0 Å². The van der Waals surface area contributed by atoms with Crippen molar-refractivity contribution in [2.24, 2.45) is 5.73 Å². The molecular formula is C15H27N3. The van der Waals surface area contributed by atoms with Gasteiger partial charge in [0, 0.05) is 25.3 Å². The highest BCUT2D eigenvalue weighted by molar-refractivity contribution is 5.41. The maximum absolute atomic E-state index is 5.94. The number of hydrogen-bond acceptors (Lipinski definition) is 3. The van der Waals surface area contributed by atoms with Gasteiger partial charge < -0.3 is 10.6 Å². The van der Waals surface area contributed by atoms with Gasteiger partial charge in [0.15, 0.2) is 0 Å². The molecule has 18 heavy (non-hydrogen) atoms. The second-order valence-electron chi connectivity index (χ2n) is 4.93. The van der Waals surface area contributed by atoms with Crippen molar-refractivity contribution in [3.63, 3.8) is 0 Å². The molecule has 3 heteroatoms. The van der Waals surface area contributed by atoms with Gasteiger partial charge in [0.2, 0.25) is 0 Å². The number of rotatable bonds is 8. The smallest absolute Gasteiger partial charge is 0.128 e. The molecule has 0 radical (unpaired) electrons. The van der Waals surface area contributed by atoms with Crippen molar-refractivity contribution in [2.75, 3.05) is 18.0 Å². The number of nitrogens with zero attached hydrogens (tertiary/aromatic N) is 2. The van der Waals surface area contributed by atoms with Gasteiger partial charge in [-0.15, -0.1) is 0 Å². The minimum Gasteiger partial charge on any atom is -0.357 e. The lowest BCUT2D eigenvalue weighted by Crippen LogP contribution is -2.26. The van der Waals surface area contributed by atoms with E-state index in [1.807, 2.05) is 19.2 Å². The summed E-state index contributed by atoms with van der Waals surface area (Å²) in [6, 6.07) is 4.22. The predicted molar refractivity (Wildman–Crippen MR) is 78.9 cm³/mol. The Kier molecular flexibility index (Phi) is 6.73. The summed E-state index contributed by atoms with van der Waals surface area (Å²) in [6.45, 7) is 8.65. The maximum Gasteiger partial charge on any atom is 0.128 e. The molecule has 0 amide bonds. The second-order valence-corrected chi connectivity index (χ2v) is 4.93. The van der Waals surface area contributed by atoms with Crippen LogP contribution in [0.4, 0.5) is 5.82 Å². The van der Waals surface area contributed by atoms with E-state index in [9.17, 15) is 0 Å². The highest BCUT2D eigenvalue weighted by atomic mass is 15.2. The second kappa shape index (κ2) is 8.09. The zero-order valence-corrected chi connectivity index (χ0v) is 12.0. The largest absolute Gasteiger partial charge is 0.357 e. The zero-order chi connectivity index (χ0) is 13.4. The molecule has 0 saturated carbocycles. The van der Waals surface area contributed by atoms with Crippen LogP contribution in [0.25, 0.3) is 0 Å². The fourth-order valence-corrected chi connectivity index (χ4v) is 1.93. The third-order valence-electron chi connectivity index (χ3n) is 3.18. The van der Waals surface area contributed by atoms with E-state index in [1.54, 1.807) is 0 Å². The van der Waals surface area contributed by atoms with Crippen LogP contribution < -0.4 is 10.6 Å². The number of nitrogens with two attached hydrogens (primary N) is 1. The van der Waals surface area contributed by atoms with Crippen LogP contribution >= 0.6 is 0 Å². The van der Waals surface area contributed by atoms with Crippen LogP contribution in [0, 0.1) is 0 Å². The maximum atomic E-state index is 5.94. The van der Waals surface area contributed by atoms with E-state index in [0.717, 1.165) is 24.5 Å². The SMILES string of the molecule is CCCCN(CCCC)c1cc([C@@H](C)N)ccn1. The van der Waals surface area contributed by atoms with Crippen LogP contribution in [0.1, 0.15) is 58.1 Å². The first kappa shape index (κ1) is 15.0. The average molecular weight is 249 g/mol.